The lowest BCUT2D eigenvalue weighted by atomic mass is 10.1. The Kier molecular flexibility index (Phi) is 3.25. The van der Waals surface area contributed by atoms with E-state index in [0.29, 0.717) is 22.2 Å². The highest BCUT2D eigenvalue weighted by Crippen LogP contribution is 2.41. The Balaban J connectivity index is 2.04. The lowest BCUT2D eigenvalue weighted by molar-refractivity contribution is -0.138. The van der Waals surface area contributed by atoms with Crippen LogP contribution in [-0.2, 0) is 11.2 Å². The van der Waals surface area contributed by atoms with E-state index in [4.69, 9.17) is 28.3 Å². The summed E-state index contributed by atoms with van der Waals surface area (Å²) in [6, 6.07) is 5.23. The van der Waals surface area contributed by atoms with Crippen molar-refractivity contribution in [3.05, 3.63) is 38.8 Å². The van der Waals surface area contributed by atoms with Crippen molar-refractivity contribution in [3.8, 4) is 10.6 Å². The standard InChI is InChI=1S/C13H9Cl2NO2S/c14-6-1-2-7(9(15)5-6)12-16-11-8(13(17)18)3-4-10(11)19-12/h1-2,5,8H,3-4H2,(H,17,18). The fourth-order valence-corrected chi connectivity index (χ4v) is 3.98. The summed E-state index contributed by atoms with van der Waals surface area (Å²) in [7, 11) is 0. The number of hydrogen-bond acceptors (Lipinski definition) is 3. The van der Waals surface area contributed by atoms with Crippen molar-refractivity contribution in [3.63, 3.8) is 0 Å². The second kappa shape index (κ2) is 4.78. The van der Waals surface area contributed by atoms with Crippen molar-refractivity contribution in [1.29, 1.82) is 0 Å². The molecule has 98 valence electrons. The van der Waals surface area contributed by atoms with Crippen LogP contribution in [-0.4, -0.2) is 16.1 Å². The molecule has 1 aliphatic rings. The highest BCUT2D eigenvalue weighted by atomic mass is 35.5. The Labute approximate surface area is 123 Å². The van der Waals surface area contributed by atoms with Gasteiger partial charge in [0.25, 0.3) is 0 Å². The Morgan fingerprint density at radius 3 is 2.89 bits per heavy atom. The molecule has 1 N–H and O–H groups in total. The molecular weight excluding hydrogens is 305 g/mol. The maximum absolute atomic E-state index is 11.1. The number of carboxylic acid groups (broad SMARTS) is 1. The van der Waals surface area contributed by atoms with Crippen molar-refractivity contribution in [1.82, 2.24) is 4.98 Å². The fraction of sp³-hybridized carbons (Fsp3) is 0.231. The van der Waals surface area contributed by atoms with Crippen LogP contribution in [0.15, 0.2) is 18.2 Å². The zero-order valence-electron chi connectivity index (χ0n) is 9.69. The van der Waals surface area contributed by atoms with Crippen molar-refractivity contribution in [2.24, 2.45) is 0 Å². The lowest BCUT2D eigenvalue weighted by Gasteiger charge is -2.03. The molecule has 1 atom stereocenters. The summed E-state index contributed by atoms with van der Waals surface area (Å²) < 4.78 is 0. The maximum atomic E-state index is 11.1. The minimum atomic E-state index is -0.808. The summed E-state index contributed by atoms with van der Waals surface area (Å²) in [5.41, 5.74) is 1.49. The number of hydrogen-bond donors (Lipinski definition) is 1. The van der Waals surface area contributed by atoms with E-state index in [2.05, 4.69) is 4.98 Å². The zero-order chi connectivity index (χ0) is 13.6. The molecule has 1 aromatic heterocycles. The molecular formula is C13H9Cl2NO2S. The van der Waals surface area contributed by atoms with Crippen molar-refractivity contribution >= 4 is 40.5 Å². The number of benzene rings is 1. The van der Waals surface area contributed by atoms with E-state index < -0.39 is 11.9 Å². The molecule has 0 spiro atoms. The highest BCUT2D eigenvalue weighted by molar-refractivity contribution is 7.15. The van der Waals surface area contributed by atoms with E-state index in [1.807, 2.05) is 6.07 Å². The van der Waals surface area contributed by atoms with Crippen LogP contribution in [0.1, 0.15) is 22.9 Å². The summed E-state index contributed by atoms with van der Waals surface area (Å²) in [6.45, 7) is 0. The van der Waals surface area contributed by atoms with Gasteiger partial charge >= 0.3 is 5.97 Å². The number of halogens is 2. The van der Waals surface area contributed by atoms with Crippen LogP contribution in [0.2, 0.25) is 10.0 Å². The third-order valence-electron chi connectivity index (χ3n) is 3.18. The van der Waals surface area contributed by atoms with Crippen LogP contribution >= 0.6 is 34.5 Å². The Morgan fingerprint density at radius 2 is 2.21 bits per heavy atom. The summed E-state index contributed by atoms with van der Waals surface area (Å²) in [4.78, 5) is 16.7. The van der Waals surface area contributed by atoms with Gasteiger partial charge in [0.05, 0.1) is 10.7 Å². The molecule has 0 radical (unpaired) electrons. The van der Waals surface area contributed by atoms with Crippen LogP contribution in [0.3, 0.4) is 0 Å². The Bertz CT molecular complexity index is 669. The van der Waals surface area contributed by atoms with E-state index in [-0.39, 0.29) is 0 Å². The molecule has 3 nitrogen and oxygen atoms in total. The molecule has 2 aromatic rings. The van der Waals surface area contributed by atoms with Gasteiger partial charge in [-0.1, -0.05) is 23.2 Å². The van der Waals surface area contributed by atoms with Gasteiger partial charge in [0.2, 0.25) is 0 Å². The molecule has 0 saturated carbocycles. The van der Waals surface area contributed by atoms with E-state index in [1.165, 1.54) is 11.3 Å². The third kappa shape index (κ3) is 2.24. The number of thiazole rings is 1. The normalized spacial score (nSPS) is 17.5. The summed E-state index contributed by atoms with van der Waals surface area (Å²) >= 11 is 13.5. The first-order chi connectivity index (χ1) is 9.06. The van der Waals surface area contributed by atoms with E-state index in [9.17, 15) is 4.79 Å². The van der Waals surface area contributed by atoms with Gasteiger partial charge in [0, 0.05) is 15.5 Å². The number of aromatic nitrogens is 1. The zero-order valence-corrected chi connectivity index (χ0v) is 12.0. The first kappa shape index (κ1) is 12.9. The number of fused-ring (bicyclic) bond motifs is 1. The monoisotopic (exact) mass is 313 g/mol. The van der Waals surface area contributed by atoms with Crippen LogP contribution in [0.5, 0.6) is 0 Å². The van der Waals surface area contributed by atoms with E-state index >= 15 is 0 Å². The van der Waals surface area contributed by atoms with Gasteiger partial charge in [0.15, 0.2) is 0 Å². The number of aryl methyl sites for hydroxylation is 1. The molecule has 1 aromatic carbocycles. The summed E-state index contributed by atoms with van der Waals surface area (Å²) in [5.74, 6) is -1.29. The van der Waals surface area contributed by atoms with E-state index in [0.717, 1.165) is 21.9 Å². The van der Waals surface area contributed by atoms with Crippen molar-refractivity contribution < 1.29 is 9.90 Å². The van der Waals surface area contributed by atoms with Crippen molar-refractivity contribution in [2.45, 2.75) is 18.8 Å². The maximum Gasteiger partial charge on any atom is 0.312 e. The molecule has 0 amide bonds. The predicted octanol–water partition coefficient (Wildman–Crippen LogP) is 4.23. The molecule has 0 fully saturated rings. The number of carbonyl (C=O) groups is 1. The first-order valence-electron chi connectivity index (χ1n) is 5.74. The average molecular weight is 314 g/mol. The lowest BCUT2D eigenvalue weighted by Crippen LogP contribution is -2.08. The fourth-order valence-electron chi connectivity index (χ4n) is 2.25. The molecule has 3 rings (SSSR count). The minimum Gasteiger partial charge on any atom is -0.481 e. The predicted molar refractivity (Wildman–Crippen MR) is 76.3 cm³/mol. The second-order valence-corrected chi connectivity index (χ2v) is 6.31. The highest BCUT2D eigenvalue weighted by Gasteiger charge is 2.32. The second-order valence-electron chi connectivity index (χ2n) is 4.38. The Morgan fingerprint density at radius 1 is 1.42 bits per heavy atom. The molecule has 0 aliphatic heterocycles. The molecule has 1 heterocycles. The summed E-state index contributed by atoms with van der Waals surface area (Å²) in [6.07, 6.45) is 1.41. The van der Waals surface area contributed by atoms with Gasteiger partial charge in [0.1, 0.15) is 10.9 Å². The largest absolute Gasteiger partial charge is 0.481 e. The van der Waals surface area contributed by atoms with Crippen LogP contribution in [0.4, 0.5) is 0 Å². The molecule has 0 saturated heterocycles. The van der Waals surface area contributed by atoms with Gasteiger partial charge < -0.3 is 5.11 Å². The van der Waals surface area contributed by atoms with Gasteiger partial charge in [-0.3, -0.25) is 4.79 Å². The SMILES string of the molecule is O=C(O)C1CCc2sc(-c3ccc(Cl)cc3Cl)nc21. The van der Waals surface area contributed by atoms with E-state index in [1.54, 1.807) is 12.1 Å². The average Bonchev–Trinajstić information content (AvgIpc) is 2.87. The number of rotatable bonds is 2. The molecule has 0 bridgehead atoms. The van der Waals surface area contributed by atoms with Crippen LogP contribution in [0.25, 0.3) is 10.6 Å². The molecule has 1 unspecified atom stereocenters. The van der Waals surface area contributed by atoms with Gasteiger partial charge in [-0.05, 0) is 31.0 Å². The minimum absolute atomic E-state index is 0.480. The quantitative estimate of drug-likeness (QED) is 0.902. The van der Waals surface area contributed by atoms with Gasteiger partial charge in [-0.25, -0.2) is 4.98 Å². The van der Waals surface area contributed by atoms with Crippen LogP contribution in [0, 0.1) is 0 Å². The smallest absolute Gasteiger partial charge is 0.312 e. The number of carboxylic acids is 1. The third-order valence-corrected chi connectivity index (χ3v) is 4.89. The van der Waals surface area contributed by atoms with Gasteiger partial charge in [-0.15, -0.1) is 11.3 Å². The topological polar surface area (TPSA) is 50.2 Å². The number of nitrogens with zero attached hydrogens (tertiary/aromatic N) is 1. The Hall–Kier alpha value is -1.10. The molecule has 19 heavy (non-hydrogen) atoms. The van der Waals surface area contributed by atoms with Gasteiger partial charge in [-0.2, -0.15) is 0 Å². The van der Waals surface area contributed by atoms with Crippen molar-refractivity contribution in [2.75, 3.05) is 0 Å². The molecule has 1 aliphatic carbocycles. The molecule has 6 heteroatoms. The summed E-state index contributed by atoms with van der Waals surface area (Å²) in [5, 5.41) is 11.0. The number of aliphatic carboxylic acids is 1. The first-order valence-corrected chi connectivity index (χ1v) is 7.31. The van der Waals surface area contributed by atoms with Crippen LogP contribution < -0.4 is 0 Å².